The number of aromatic nitrogens is 2. The summed E-state index contributed by atoms with van der Waals surface area (Å²) in [4.78, 5) is 31.0. The maximum absolute atomic E-state index is 12.2. The standard InChI is InChI=1S/C16H23N3O3/c1-10-13(15(21)18-11(2)17-10)7-14(20)19-12-8-16(22-9-12)5-3-4-6-16/h12H,3-9H2,1-2H3,(H,19,20)(H,17,18,21)/t12-/m1/s1. The molecule has 2 N–H and O–H groups in total. The Morgan fingerprint density at radius 1 is 1.41 bits per heavy atom. The fourth-order valence-electron chi connectivity index (χ4n) is 3.70. The second-order valence-corrected chi connectivity index (χ2v) is 6.56. The molecule has 0 radical (unpaired) electrons. The first-order valence-corrected chi connectivity index (χ1v) is 7.97. The molecule has 2 fully saturated rings. The lowest BCUT2D eigenvalue weighted by atomic mass is 9.96. The number of carbonyl (C=O) groups excluding carboxylic acids is 1. The molecule has 1 saturated heterocycles. The molecule has 1 amide bonds. The third-order valence-electron chi connectivity index (χ3n) is 4.77. The average molecular weight is 305 g/mol. The van der Waals surface area contributed by atoms with E-state index < -0.39 is 0 Å². The van der Waals surface area contributed by atoms with Gasteiger partial charge in [0, 0.05) is 11.3 Å². The number of amides is 1. The van der Waals surface area contributed by atoms with Crippen molar-refractivity contribution in [3.05, 3.63) is 27.4 Å². The van der Waals surface area contributed by atoms with Gasteiger partial charge < -0.3 is 15.0 Å². The van der Waals surface area contributed by atoms with Crippen molar-refractivity contribution in [1.29, 1.82) is 0 Å². The van der Waals surface area contributed by atoms with Crippen LogP contribution in [0.4, 0.5) is 0 Å². The van der Waals surface area contributed by atoms with Gasteiger partial charge in [0.15, 0.2) is 0 Å². The van der Waals surface area contributed by atoms with Gasteiger partial charge in [-0.3, -0.25) is 9.59 Å². The zero-order chi connectivity index (χ0) is 15.7. The SMILES string of the molecule is Cc1nc(C)c(CC(=O)N[C@H]2COC3(CCCC3)C2)c(=O)[nH]1. The first kappa shape index (κ1) is 15.2. The summed E-state index contributed by atoms with van der Waals surface area (Å²) >= 11 is 0. The van der Waals surface area contributed by atoms with Crippen molar-refractivity contribution in [2.45, 2.75) is 64.0 Å². The predicted molar refractivity (Wildman–Crippen MR) is 81.7 cm³/mol. The van der Waals surface area contributed by atoms with Crippen LogP contribution in [0, 0.1) is 13.8 Å². The lowest BCUT2D eigenvalue weighted by Gasteiger charge is -2.21. The summed E-state index contributed by atoms with van der Waals surface area (Å²) in [6, 6.07) is 0.0587. The molecule has 6 heteroatoms. The van der Waals surface area contributed by atoms with Crippen molar-refractivity contribution in [2.75, 3.05) is 6.61 Å². The Morgan fingerprint density at radius 3 is 2.82 bits per heavy atom. The fourth-order valence-corrected chi connectivity index (χ4v) is 3.70. The zero-order valence-corrected chi connectivity index (χ0v) is 13.2. The van der Waals surface area contributed by atoms with E-state index in [9.17, 15) is 9.59 Å². The molecule has 1 spiro atoms. The van der Waals surface area contributed by atoms with Crippen LogP contribution in [0.3, 0.4) is 0 Å². The van der Waals surface area contributed by atoms with E-state index in [4.69, 9.17) is 4.74 Å². The number of hydrogen-bond donors (Lipinski definition) is 2. The molecule has 2 aliphatic rings. The molecule has 120 valence electrons. The molecule has 22 heavy (non-hydrogen) atoms. The van der Waals surface area contributed by atoms with E-state index in [2.05, 4.69) is 15.3 Å². The van der Waals surface area contributed by atoms with Crippen molar-refractivity contribution in [3.63, 3.8) is 0 Å². The van der Waals surface area contributed by atoms with E-state index in [1.54, 1.807) is 13.8 Å². The minimum atomic E-state index is -0.227. The molecule has 0 bridgehead atoms. The van der Waals surface area contributed by atoms with Gasteiger partial charge in [-0.25, -0.2) is 4.98 Å². The summed E-state index contributed by atoms with van der Waals surface area (Å²) in [5.74, 6) is 0.432. The van der Waals surface area contributed by atoms with Crippen LogP contribution >= 0.6 is 0 Å². The molecule has 0 aromatic carbocycles. The second kappa shape index (κ2) is 5.83. The Balaban J connectivity index is 1.61. The van der Waals surface area contributed by atoms with Crippen molar-refractivity contribution in [2.24, 2.45) is 0 Å². The van der Waals surface area contributed by atoms with Crippen LogP contribution in [0.15, 0.2) is 4.79 Å². The number of aromatic amines is 1. The van der Waals surface area contributed by atoms with Gasteiger partial charge in [0.1, 0.15) is 5.82 Å². The van der Waals surface area contributed by atoms with Gasteiger partial charge in [0.2, 0.25) is 5.91 Å². The molecule has 1 saturated carbocycles. The maximum Gasteiger partial charge on any atom is 0.254 e. The van der Waals surface area contributed by atoms with Gasteiger partial charge >= 0.3 is 0 Å². The Morgan fingerprint density at radius 2 is 2.14 bits per heavy atom. The quantitative estimate of drug-likeness (QED) is 0.877. The summed E-state index contributed by atoms with van der Waals surface area (Å²) in [6.45, 7) is 4.07. The van der Waals surface area contributed by atoms with Crippen LogP contribution in [-0.2, 0) is 16.0 Å². The number of nitrogens with zero attached hydrogens (tertiary/aromatic N) is 1. The highest BCUT2D eigenvalue weighted by molar-refractivity contribution is 5.79. The fraction of sp³-hybridized carbons (Fsp3) is 0.688. The molecule has 3 rings (SSSR count). The topological polar surface area (TPSA) is 84.1 Å². The van der Waals surface area contributed by atoms with Gasteiger partial charge in [-0.2, -0.15) is 0 Å². The Bertz CT molecular complexity index is 632. The third-order valence-corrected chi connectivity index (χ3v) is 4.77. The van der Waals surface area contributed by atoms with E-state index in [1.165, 1.54) is 12.8 Å². The number of carbonyl (C=O) groups is 1. The molecular weight excluding hydrogens is 282 g/mol. The summed E-state index contributed by atoms with van der Waals surface area (Å²) in [7, 11) is 0. The normalized spacial score (nSPS) is 23.1. The van der Waals surface area contributed by atoms with Crippen LogP contribution in [0.2, 0.25) is 0 Å². The highest BCUT2D eigenvalue weighted by Gasteiger charge is 2.42. The van der Waals surface area contributed by atoms with E-state index in [-0.39, 0.29) is 29.5 Å². The Kier molecular flexibility index (Phi) is 4.04. The highest BCUT2D eigenvalue weighted by Crippen LogP contribution is 2.40. The van der Waals surface area contributed by atoms with Gasteiger partial charge in [-0.1, -0.05) is 12.8 Å². The summed E-state index contributed by atoms with van der Waals surface area (Å²) in [5.41, 5.74) is 0.829. The lowest BCUT2D eigenvalue weighted by Crippen LogP contribution is -2.38. The highest BCUT2D eigenvalue weighted by atomic mass is 16.5. The van der Waals surface area contributed by atoms with Crippen molar-refractivity contribution >= 4 is 5.91 Å². The summed E-state index contributed by atoms with van der Waals surface area (Å²) in [6.07, 6.45) is 5.58. The first-order chi connectivity index (χ1) is 10.5. The predicted octanol–water partition coefficient (Wildman–Crippen LogP) is 1.15. The number of ether oxygens (including phenoxy) is 1. The molecule has 1 aromatic heterocycles. The molecule has 1 aliphatic heterocycles. The monoisotopic (exact) mass is 305 g/mol. The third kappa shape index (κ3) is 3.06. The lowest BCUT2D eigenvalue weighted by molar-refractivity contribution is -0.121. The molecule has 1 aliphatic carbocycles. The van der Waals surface area contributed by atoms with Gasteiger partial charge in [-0.15, -0.1) is 0 Å². The summed E-state index contributed by atoms with van der Waals surface area (Å²) < 4.78 is 5.93. The largest absolute Gasteiger partial charge is 0.373 e. The maximum atomic E-state index is 12.2. The molecule has 0 unspecified atom stereocenters. The van der Waals surface area contributed by atoms with E-state index >= 15 is 0 Å². The van der Waals surface area contributed by atoms with Crippen molar-refractivity contribution in [3.8, 4) is 0 Å². The summed E-state index contributed by atoms with van der Waals surface area (Å²) in [5, 5.41) is 3.00. The van der Waals surface area contributed by atoms with Crippen LogP contribution < -0.4 is 10.9 Å². The molecule has 6 nitrogen and oxygen atoms in total. The minimum absolute atomic E-state index is 0.00322. The number of aryl methyl sites for hydroxylation is 2. The van der Waals surface area contributed by atoms with E-state index in [0.717, 1.165) is 19.3 Å². The Hall–Kier alpha value is -1.69. The van der Waals surface area contributed by atoms with E-state index in [1.807, 2.05) is 0 Å². The first-order valence-electron chi connectivity index (χ1n) is 7.97. The van der Waals surface area contributed by atoms with Crippen molar-refractivity contribution < 1.29 is 9.53 Å². The van der Waals surface area contributed by atoms with Crippen LogP contribution in [-0.4, -0.2) is 34.1 Å². The Labute approximate surface area is 129 Å². The molecular formula is C16H23N3O3. The van der Waals surface area contributed by atoms with Gasteiger partial charge in [-0.05, 0) is 33.1 Å². The molecule has 1 atom stereocenters. The van der Waals surface area contributed by atoms with Gasteiger partial charge in [0.05, 0.1) is 24.7 Å². The van der Waals surface area contributed by atoms with E-state index in [0.29, 0.717) is 23.7 Å². The number of nitrogens with one attached hydrogen (secondary N) is 2. The smallest absolute Gasteiger partial charge is 0.254 e. The van der Waals surface area contributed by atoms with Crippen LogP contribution in [0.1, 0.15) is 49.2 Å². The number of hydrogen-bond acceptors (Lipinski definition) is 4. The molecule has 1 aromatic rings. The zero-order valence-electron chi connectivity index (χ0n) is 13.2. The minimum Gasteiger partial charge on any atom is -0.373 e. The van der Waals surface area contributed by atoms with Crippen LogP contribution in [0.5, 0.6) is 0 Å². The number of H-pyrrole nitrogens is 1. The molecule has 2 heterocycles. The van der Waals surface area contributed by atoms with Gasteiger partial charge in [0.25, 0.3) is 5.56 Å². The van der Waals surface area contributed by atoms with Crippen LogP contribution in [0.25, 0.3) is 0 Å². The number of rotatable bonds is 3. The average Bonchev–Trinajstić information content (AvgIpc) is 3.05. The van der Waals surface area contributed by atoms with Crippen molar-refractivity contribution in [1.82, 2.24) is 15.3 Å². The second-order valence-electron chi connectivity index (χ2n) is 6.56.